The lowest BCUT2D eigenvalue weighted by atomic mass is 9.80. The molecular weight excluding hydrogens is 234 g/mol. The van der Waals surface area contributed by atoms with Crippen LogP contribution in [0.1, 0.15) is 19.8 Å². The molecule has 0 radical (unpaired) electrons. The molecule has 0 aliphatic carbocycles. The van der Waals surface area contributed by atoms with Gasteiger partial charge in [0, 0.05) is 6.54 Å². The molecule has 1 aromatic heterocycles. The highest BCUT2D eigenvalue weighted by Gasteiger charge is 2.28. The third kappa shape index (κ3) is 3.58. The first-order valence-electron chi connectivity index (χ1n) is 6.12. The summed E-state index contributed by atoms with van der Waals surface area (Å²) in [6, 6.07) is 5.68. The molecule has 0 amide bonds. The third-order valence-corrected chi connectivity index (χ3v) is 3.82. The molecule has 1 saturated heterocycles. The van der Waals surface area contributed by atoms with Crippen LogP contribution in [0, 0.1) is 5.41 Å². The summed E-state index contributed by atoms with van der Waals surface area (Å²) in [5.41, 5.74) is 0.372. The maximum absolute atomic E-state index is 5.86. The van der Waals surface area contributed by atoms with Crippen LogP contribution in [0.3, 0.4) is 0 Å². The fourth-order valence-corrected chi connectivity index (χ4v) is 2.31. The fraction of sp³-hybridized carbons (Fsp3) is 0.615. The van der Waals surface area contributed by atoms with E-state index >= 15 is 0 Å². The van der Waals surface area contributed by atoms with E-state index in [4.69, 9.17) is 11.6 Å². The zero-order valence-electron chi connectivity index (χ0n) is 10.5. The summed E-state index contributed by atoms with van der Waals surface area (Å²) in [5, 5.41) is 3.94. The Morgan fingerprint density at radius 3 is 2.76 bits per heavy atom. The highest BCUT2D eigenvalue weighted by molar-refractivity contribution is 6.29. The van der Waals surface area contributed by atoms with E-state index in [-0.39, 0.29) is 0 Å². The smallest absolute Gasteiger partial charge is 0.131 e. The van der Waals surface area contributed by atoms with Gasteiger partial charge >= 0.3 is 0 Å². The molecule has 0 bridgehead atoms. The molecule has 1 N–H and O–H groups in total. The number of hydrogen-bond donors (Lipinski definition) is 1. The molecule has 2 rings (SSSR count). The first-order valence-corrected chi connectivity index (χ1v) is 6.50. The SMILES string of the molecule is CN1CCC(C)(CNc2cccc(Cl)n2)CC1. The lowest BCUT2D eigenvalue weighted by Gasteiger charge is -2.38. The summed E-state index contributed by atoms with van der Waals surface area (Å²) in [7, 11) is 2.19. The van der Waals surface area contributed by atoms with Crippen LogP contribution in [0.5, 0.6) is 0 Å². The Labute approximate surface area is 108 Å². The van der Waals surface area contributed by atoms with Crippen LogP contribution < -0.4 is 5.32 Å². The highest BCUT2D eigenvalue weighted by Crippen LogP contribution is 2.30. The molecule has 17 heavy (non-hydrogen) atoms. The van der Waals surface area contributed by atoms with Crippen LogP contribution in [0.4, 0.5) is 5.82 Å². The van der Waals surface area contributed by atoms with Crippen molar-refractivity contribution in [1.29, 1.82) is 0 Å². The minimum Gasteiger partial charge on any atom is -0.369 e. The summed E-state index contributed by atoms with van der Waals surface area (Å²) < 4.78 is 0. The number of nitrogens with one attached hydrogen (secondary N) is 1. The Kier molecular flexibility index (Phi) is 3.89. The number of halogens is 1. The van der Waals surface area contributed by atoms with Crippen molar-refractivity contribution in [2.75, 3.05) is 32.0 Å². The third-order valence-electron chi connectivity index (χ3n) is 3.61. The molecule has 2 heterocycles. The molecule has 0 unspecified atom stereocenters. The van der Waals surface area contributed by atoms with Gasteiger partial charge in [0.05, 0.1) is 0 Å². The van der Waals surface area contributed by atoms with Gasteiger partial charge in [0.25, 0.3) is 0 Å². The molecule has 1 aromatic rings. The maximum atomic E-state index is 5.86. The molecule has 1 aliphatic heterocycles. The standard InChI is InChI=1S/C13H20ClN3/c1-13(6-8-17(2)9-7-13)10-15-12-5-3-4-11(14)16-12/h3-5H,6-10H2,1-2H3,(H,15,16). The van der Waals surface area contributed by atoms with E-state index in [9.17, 15) is 0 Å². The molecular formula is C13H20ClN3. The first-order chi connectivity index (χ1) is 8.07. The van der Waals surface area contributed by atoms with Gasteiger partial charge in [0.1, 0.15) is 11.0 Å². The van der Waals surface area contributed by atoms with E-state index in [0.717, 1.165) is 12.4 Å². The number of likely N-dealkylation sites (tertiary alicyclic amines) is 1. The number of piperidine rings is 1. The van der Waals surface area contributed by atoms with Crippen LogP contribution in [0.2, 0.25) is 5.15 Å². The fourth-order valence-electron chi connectivity index (χ4n) is 2.15. The molecule has 4 heteroatoms. The monoisotopic (exact) mass is 253 g/mol. The zero-order valence-corrected chi connectivity index (χ0v) is 11.3. The van der Waals surface area contributed by atoms with Gasteiger partial charge in [-0.3, -0.25) is 0 Å². The Bertz CT molecular complexity index is 373. The van der Waals surface area contributed by atoms with Crippen LogP contribution in [0.15, 0.2) is 18.2 Å². The van der Waals surface area contributed by atoms with Crippen molar-refractivity contribution in [2.24, 2.45) is 5.41 Å². The minimum absolute atomic E-state index is 0.372. The molecule has 3 nitrogen and oxygen atoms in total. The molecule has 1 aliphatic rings. The van der Waals surface area contributed by atoms with Crippen LogP contribution in [-0.4, -0.2) is 36.6 Å². The van der Waals surface area contributed by atoms with Gasteiger partial charge in [0.2, 0.25) is 0 Å². The summed E-state index contributed by atoms with van der Waals surface area (Å²) >= 11 is 5.86. The molecule has 0 atom stereocenters. The molecule has 0 spiro atoms. The zero-order chi connectivity index (χ0) is 12.3. The lowest BCUT2D eigenvalue weighted by Crippen LogP contribution is -2.40. The summed E-state index contributed by atoms with van der Waals surface area (Å²) in [5.74, 6) is 0.873. The Hall–Kier alpha value is -0.800. The molecule has 94 valence electrons. The van der Waals surface area contributed by atoms with Crippen LogP contribution in [0.25, 0.3) is 0 Å². The van der Waals surface area contributed by atoms with Crippen LogP contribution in [-0.2, 0) is 0 Å². The quantitative estimate of drug-likeness (QED) is 0.840. The lowest BCUT2D eigenvalue weighted by molar-refractivity contribution is 0.150. The largest absolute Gasteiger partial charge is 0.369 e. The highest BCUT2D eigenvalue weighted by atomic mass is 35.5. The van der Waals surface area contributed by atoms with Crippen molar-refractivity contribution < 1.29 is 0 Å². The second-order valence-electron chi connectivity index (χ2n) is 5.31. The van der Waals surface area contributed by atoms with Crippen molar-refractivity contribution in [3.63, 3.8) is 0 Å². The van der Waals surface area contributed by atoms with E-state index < -0.39 is 0 Å². The van der Waals surface area contributed by atoms with Gasteiger partial charge < -0.3 is 10.2 Å². The summed E-state index contributed by atoms with van der Waals surface area (Å²) in [6.45, 7) is 5.67. The number of hydrogen-bond acceptors (Lipinski definition) is 3. The number of nitrogens with zero attached hydrogens (tertiary/aromatic N) is 2. The number of aromatic nitrogens is 1. The van der Waals surface area contributed by atoms with E-state index in [1.807, 2.05) is 12.1 Å². The van der Waals surface area contributed by atoms with E-state index in [0.29, 0.717) is 10.6 Å². The van der Waals surface area contributed by atoms with E-state index in [2.05, 4.69) is 29.2 Å². The first kappa shape index (κ1) is 12.7. The predicted octanol–water partition coefficient (Wildman–Crippen LogP) is 2.88. The van der Waals surface area contributed by atoms with Gasteiger partial charge in [-0.05, 0) is 50.5 Å². The maximum Gasteiger partial charge on any atom is 0.131 e. The minimum atomic E-state index is 0.372. The summed E-state index contributed by atoms with van der Waals surface area (Å²) in [6.07, 6.45) is 2.47. The number of anilines is 1. The predicted molar refractivity (Wildman–Crippen MR) is 72.6 cm³/mol. The average Bonchev–Trinajstić information content (AvgIpc) is 2.31. The van der Waals surface area contributed by atoms with Gasteiger partial charge in [0.15, 0.2) is 0 Å². The molecule has 1 fully saturated rings. The van der Waals surface area contributed by atoms with Crippen LogP contribution >= 0.6 is 11.6 Å². The topological polar surface area (TPSA) is 28.2 Å². The van der Waals surface area contributed by atoms with Gasteiger partial charge in [-0.2, -0.15) is 0 Å². The van der Waals surface area contributed by atoms with E-state index in [1.165, 1.54) is 25.9 Å². The Morgan fingerprint density at radius 2 is 2.12 bits per heavy atom. The second-order valence-corrected chi connectivity index (χ2v) is 5.70. The Balaban J connectivity index is 1.89. The van der Waals surface area contributed by atoms with Crippen molar-refractivity contribution in [3.05, 3.63) is 23.4 Å². The Morgan fingerprint density at radius 1 is 1.41 bits per heavy atom. The van der Waals surface area contributed by atoms with Crippen molar-refractivity contribution >= 4 is 17.4 Å². The van der Waals surface area contributed by atoms with Gasteiger partial charge in [-0.15, -0.1) is 0 Å². The number of pyridine rings is 1. The second kappa shape index (κ2) is 5.23. The van der Waals surface area contributed by atoms with Crippen molar-refractivity contribution in [2.45, 2.75) is 19.8 Å². The van der Waals surface area contributed by atoms with Gasteiger partial charge in [-0.25, -0.2) is 4.98 Å². The summed E-state index contributed by atoms with van der Waals surface area (Å²) in [4.78, 5) is 6.64. The average molecular weight is 254 g/mol. The van der Waals surface area contributed by atoms with Crippen molar-refractivity contribution in [1.82, 2.24) is 9.88 Å². The van der Waals surface area contributed by atoms with Crippen molar-refractivity contribution in [3.8, 4) is 0 Å². The normalized spacial score (nSPS) is 20.2. The van der Waals surface area contributed by atoms with E-state index in [1.54, 1.807) is 6.07 Å². The number of rotatable bonds is 3. The van der Waals surface area contributed by atoms with Gasteiger partial charge in [-0.1, -0.05) is 24.6 Å². The molecule has 0 saturated carbocycles. The molecule has 0 aromatic carbocycles.